The lowest BCUT2D eigenvalue weighted by molar-refractivity contribution is -0.127. The summed E-state index contributed by atoms with van der Waals surface area (Å²) < 4.78 is 5.18. The van der Waals surface area contributed by atoms with Crippen LogP contribution < -0.4 is 10.1 Å². The second kappa shape index (κ2) is 6.50. The molecule has 2 atom stereocenters. The van der Waals surface area contributed by atoms with Crippen molar-refractivity contribution in [1.29, 1.82) is 0 Å². The Balaban J connectivity index is 2.08. The van der Waals surface area contributed by atoms with Crippen LogP contribution in [0.25, 0.3) is 0 Å². The molecule has 1 amide bonds. The van der Waals surface area contributed by atoms with E-state index in [1.807, 2.05) is 38.1 Å². The van der Waals surface area contributed by atoms with Gasteiger partial charge in [0.25, 0.3) is 0 Å². The second-order valence-corrected chi connectivity index (χ2v) is 6.70. The summed E-state index contributed by atoms with van der Waals surface area (Å²) >= 11 is 0. The lowest BCUT2D eigenvalue weighted by Gasteiger charge is -2.33. The monoisotopic (exact) mass is 289 g/mol. The molecule has 0 spiro atoms. The van der Waals surface area contributed by atoms with Gasteiger partial charge in [-0.15, -0.1) is 0 Å². The van der Waals surface area contributed by atoms with Gasteiger partial charge in [0.15, 0.2) is 0 Å². The third kappa shape index (κ3) is 3.58. The molecule has 1 N–H and O–H groups in total. The molecule has 2 unspecified atom stereocenters. The van der Waals surface area contributed by atoms with E-state index in [4.69, 9.17) is 4.74 Å². The van der Waals surface area contributed by atoms with Crippen molar-refractivity contribution >= 4 is 5.91 Å². The van der Waals surface area contributed by atoms with E-state index in [0.717, 1.165) is 17.7 Å². The molecule has 1 fully saturated rings. The zero-order chi connectivity index (χ0) is 15.5. The third-order valence-electron chi connectivity index (χ3n) is 4.81. The summed E-state index contributed by atoms with van der Waals surface area (Å²) in [7, 11) is 1.65. The zero-order valence-electron chi connectivity index (χ0n) is 13.6. The molecule has 0 bridgehead atoms. The molecule has 0 heterocycles. The van der Waals surface area contributed by atoms with Crippen molar-refractivity contribution in [1.82, 2.24) is 5.32 Å². The van der Waals surface area contributed by atoms with Crippen molar-refractivity contribution in [2.75, 3.05) is 7.11 Å². The highest BCUT2D eigenvalue weighted by Crippen LogP contribution is 2.28. The number of ether oxygens (including phenoxy) is 1. The fourth-order valence-corrected chi connectivity index (χ4v) is 3.02. The Morgan fingerprint density at radius 1 is 1.19 bits per heavy atom. The topological polar surface area (TPSA) is 38.3 Å². The quantitative estimate of drug-likeness (QED) is 0.918. The lowest BCUT2D eigenvalue weighted by atomic mass is 9.81. The number of hydrogen-bond donors (Lipinski definition) is 1. The largest absolute Gasteiger partial charge is 0.497 e. The van der Waals surface area contributed by atoms with Crippen LogP contribution in [0.4, 0.5) is 0 Å². The van der Waals surface area contributed by atoms with E-state index in [1.54, 1.807) is 7.11 Å². The minimum absolute atomic E-state index is 0.117. The van der Waals surface area contributed by atoms with Gasteiger partial charge in [-0.1, -0.05) is 31.9 Å². The van der Waals surface area contributed by atoms with Crippen molar-refractivity contribution in [3.8, 4) is 5.75 Å². The van der Waals surface area contributed by atoms with E-state index in [-0.39, 0.29) is 5.91 Å². The molecule has 2 rings (SSSR count). The number of amides is 1. The van der Waals surface area contributed by atoms with Crippen LogP contribution in [0.15, 0.2) is 24.3 Å². The minimum Gasteiger partial charge on any atom is -0.497 e. The number of carbonyl (C=O) groups is 1. The first kappa shape index (κ1) is 15.9. The van der Waals surface area contributed by atoms with Gasteiger partial charge in [0.1, 0.15) is 5.75 Å². The molecule has 0 aliphatic heterocycles. The second-order valence-electron chi connectivity index (χ2n) is 6.70. The molecule has 0 aromatic heterocycles. The number of nitrogens with one attached hydrogen (secondary N) is 1. The van der Waals surface area contributed by atoms with Crippen LogP contribution >= 0.6 is 0 Å². The molecule has 3 heteroatoms. The van der Waals surface area contributed by atoms with Crippen LogP contribution in [0.3, 0.4) is 0 Å². The van der Waals surface area contributed by atoms with Gasteiger partial charge in [-0.05, 0) is 50.3 Å². The average molecular weight is 289 g/mol. The highest BCUT2D eigenvalue weighted by Gasteiger charge is 2.33. The van der Waals surface area contributed by atoms with Gasteiger partial charge in [0, 0.05) is 6.04 Å². The molecule has 1 aliphatic carbocycles. The van der Waals surface area contributed by atoms with Crippen LogP contribution in [0.2, 0.25) is 0 Å². The van der Waals surface area contributed by atoms with Gasteiger partial charge < -0.3 is 10.1 Å². The van der Waals surface area contributed by atoms with Crippen LogP contribution in [-0.2, 0) is 10.2 Å². The van der Waals surface area contributed by atoms with Crippen LogP contribution in [0.1, 0.15) is 52.0 Å². The molecule has 3 nitrogen and oxygen atoms in total. The van der Waals surface area contributed by atoms with Crippen molar-refractivity contribution in [3.05, 3.63) is 29.8 Å². The molecular formula is C18H27NO2. The van der Waals surface area contributed by atoms with E-state index in [9.17, 15) is 4.79 Å². The standard InChI is InChI=1S/C18H27NO2/c1-13-7-5-6-8-16(13)19-17(20)18(2,3)14-9-11-15(21-4)12-10-14/h9-13,16H,5-8H2,1-4H3,(H,19,20). The van der Waals surface area contributed by atoms with E-state index < -0.39 is 5.41 Å². The van der Waals surface area contributed by atoms with Crippen LogP contribution in [-0.4, -0.2) is 19.1 Å². The minimum atomic E-state index is -0.524. The maximum absolute atomic E-state index is 12.7. The number of hydrogen-bond acceptors (Lipinski definition) is 2. The number of methoxy groups -OCH3 is 1. The molecule has 1 aromatic carbocycles. The summed E-state index contributed by atoms with van der Waals surface area (Å²) in [5.41, 5.74) is 0.493. The summed E-state index contributed by atoms with van der Waals surface area (Å²) in [6.07, 6.45) is 4.83. The van der Waals surface area contributed by atoms with Gasteiger partial charge in [-0.25, -0.2) is 0 Å². The van der Waals surface area contributed by atoms with Crippen LogP contribution in [0, 0.1) is 5.92 Å². The first-order valence-electron chi connectivity index (χ1n) is 7.90. The van der Waals surface area contributed by atoms with E-state index in [0.29, 0.717) is 12.0 Å². The first-order valence-corrected chi connectivity index (χ1v) is 7.90. The predicted octanol–water partition coefficient (Wildman–Crippen LogP) is 3.67. The molecule has 1 saturated carbocycles. The summed E-state index contributed by atoms with van der Waals surface area (Å²) in [6.45, 7) is 6.21. The normalized spacial score (nSPS) is 22.7. The Kier molecular flexibility index (Phi) is 4.92. The van der Waals surface area contributed by atoms with Gasteiger partial charge in [-0.3, -0.25) is 4.79 Å². The Labute approximate surface area is 128 Å². The van der Waals surface area contributed by atoms with Crippen molar-refractivity contribution < 1.29 is 9.53 Å². The molecule has 0 saturated heterocycles. The maximum Gasteiger partial charge on any atom is 0.230 e. The molecule has 1 aliphatic rings. The summed E-state index contributed by atoms with van der Waals surface area (Å²) in [5, 5.41) is 3.27. The highest BCUT2D eigenvalue weighted by molar-refractivity contribution is 5.87. The van der Waals surface area contributed by atoms with Crippen LogP contribution in [0.5, 0.6) is 5.75 Å². The first-order chi connectivity index (χ1) is 9.95. The van der Waals surface area contributed by atoms with Gasteiger partial charge in [-0.2, -0.15) is 0 Å². The zero-order valence-corrected chi connectivity index (χ0v) is 13.6. The van der Waals surface area contributed by atoms with E-state index >= 15 is 0 Å². The third-order valence-corrected chi connectivity index (χ3v) is 4.81. The van der Waals surface area contributed by atoms with E-state index in [2.05, 4.69) is 12.2 Å². The molecular weight excluding hydrogens is 262 g/mol. The van der Waals surface area contributed by atoms with Gasteiger partial charge >= 0.3 is 0 Å². The average Bonchev–Trinajstić information content (AvgIpc) is 2.49. The highest BCUT2D eigenvalue weighted by atomic mass is 16.5. The molecule has 0 radical (unpaired) electrons. The SMILES string of the molecule is COc1ccc(C(C)(C)C(=O)NC2CCCCC2C)cc1. The van der Waals surface area contributed by atoms with Gasteiger partial charge in [0.2, 0.25) is 5.91 Å². The Hall–Kier alpha value is -1.51. The Morgan fingerprint density at radius 2 is 1.81 bits per heavy atom. The number of benzene rings is 1. The number of rotatable bonds is 4. The Bertz CT molecular complexity index is 478. The molecule has 21 heavy (non-hydrogen) atoms. The van der Waals surface area contributed by atoms with Crippen molar-refractivity contribution in [2.24, 2.45) is 5.92 Å². The predicted molar refractivity (Wildman–Crippen MR) is 85.6 cm³/mol. The maximum atomic E-state index is 12.7. The fourth-order valence-electron chi connectivity index (χ4n) is 3.02. The van der Waals surface area contributed by atoms with Crippen molar-refractivity contribution in [3.63, 3.8) is 0 Å². The summed E-state index contributed by atoms with van der Waals surface area (Å²) in [4.78, 5) is 12.7. The van der Waals surface area contributed by atoms with Crippen molar-refractivity contribution in [2.45, 2.75) is 57.9 Å². The smallest absolute Gasteiger partial charge is 0.230 e. The Morgan fingerprint density at radius 3 is 2.38 bits per heavy atom. The van der Waals surface area contributed by atoms with Gasteiger partial charge in [0.05, 0.1) is 12.5 Å². The lowest BCUT2D eigenvalue weighted by Crippen LogP contribution is -2.48. The fraction of sp³-hybridized carbons (Fsp3) is 0.611. The summed E-state index contributed by atoms with van der Waals surface area (Å²) in [6, 6.07) is 8.09. The van der Waals surface area contributed by atoms with E-state index in [1.165, 1.54) is 19.3 Å². The number of carbonyl (C=O) groups excluding carboxylic acids is 1. The molecule has 1 aromatic rings. The summed E-state index contributed by atoms with van der Waals surface area (Å²) in [5.74, 6) is 1.51. The molecule has 116 valence electrons.